The number of ether oxygens (including phenoxy) is 3. The van der Waals surface area contributed by atoms with Gasteiger partial charge in [0.1, 0.15) is 12.2 Å². The van der Waals surface area contributed by atoms with Crippen LogP contribution in [-0.4, -0.2) is 43.0 Å². The van der Waals surface area contributed by atoms with Crippen LogP contribution >= 0.6 is 0 Å². The van der Waals surface area contributed by atoms with Crippen molar-refractivity contribution in [1.29, 1.82) is 0 Å². The highest BCUT2D eigenvalue weighted by Gasteiger charge is 2.65. The average molecular weight is 539 g/mol. The molecule has 0 amide bonds. The maximum Gasteiger partial charge on any atom is 0.305 e. The molecule has 7 atom stereocenters. The van der Waals surface area contributed by atoms with Crippen molar-refractivity contribution < 1.29 is 37.8 Å². The molecule has 3 aliphatic carbocycles. The zero-order valence-corrected chi connectivity index (χ0v) is 23.7. The average Bonchev–Trinajstić information content (AvgIpc) is 3.50. The van der Waals surface area contributed by atoms with Gasteiger partial charge in [0.2, 0.25) is 0 Å². The van der Waals surface area contributed by atoms with E-state index in [9.17, 15) is 19.2 Å². The summed E-state index contributed by atoms with van der Waals surface area (Å²) in [7, 11) is 1.32. The maximum atomic E-state index is 13.1. The molecule has 0 saturated heterocycles. The van der Waals surface area contributed by atoms with Gasteiger partial charge in [-0.05, 0) is 41.2 Å². The smallest absolute Gasteiger partial charge is 0.305 e. The second-order valence-corrected chi connectivity index (χ2v) is 12.0. The molecule has 0 aromatic carbocycles. The lowest BCUT2D eigenvalue weighted by atomic mass is 9.47. The summed E-state index contributed by atoms with van der Waals surface area (Å²) in [4.78, 5) is 50.9. The van der Waals surface area contributed by atoms with Gasteiger partial charge in [0.05, 0.1) is 26.1 Å². The predicted molar refractivity (Wildman–Crippen MR) is 142 cm³/mol. The highest BCUT2D eigenvalue weighted by atomic mass is 16.6. The molecule has 3 aliphatic rings. The Morgan fingerprint density at radius 2 is 1.77 bits per heavy atom. The molecule has 0 bridgehead atoms. The first-order valence-corrected chi connectivity index (χ1v) is 13.3. The topological polar surface area (TPSA) is 109 Å². The number of furan rings is 1. The van der Waals surface area contributed by atoms with E-state index in [0.717, 1.165) is 16.7 Å². The van der Waals surface area contributed by atoms with Gasteiger partial charge in [-0.2, -0.15) is 0 Å². The number of esters is 3. The normalized spacial score (nSPS) is 35.2. The second kappa shape index (κ2) is 9.96. The van der Waals surface area contributed by atoms with E-state index < -0.39 is 58.2 Å². The van der Waals surface area contributed by atoms with Gasteiger partial charge in [-0.3, -0.25) is 19.2 Å². The van der Waals surface area contributed by atoms with Gasteiger partial charge < -0.3 is 18.6 Å². The van der Waals surface area contributed by atoms with Crippen molar-refractivity contribution in [3.63, 3.8) is 0 Å². The molecule has 0 radical (unpaired) electrons. The Labute approximate surface area is 229 Å². The predicted octanol–water partition coefficient (Wildman–Crippen LogP) is 5.10. The number of fused-ring (bicyclic) bond motifs is 1. The number of hydrogen-bond acceptors (Lipinski definition) is 8. The quantitative estimate of drug-likeness (QED) is 0.364. The zero-order valence-electron chi connectivity index (χ0n) is 23.7. The van der Waals surface area contributed by atoms with Gasteiger partial charge in [0, 0.05) is 41.9 Å². The van der Waals surface area contributed by atoms with Crippen LogP contribution in [0.15, 0.2) is 59.0 Å². The van der Waals surface area contributed by atoms with Crippen molar-refractivity contribution in [2.45, 2.75) is 72.5 Å². The van der Waals surface area contributed by atoms with Gasteiger partial charge in [-0.1, -0.05) is 46.4 Å². The summed E-state index contributed by atoms with van der Waals surface area (Å²) < 4.78 is 22.5. The molecule has 0 aliphatic heterocycles. The van der Waals surface area contributed by atoms with Crippen LogP contribution in [0.3, 0.4) is 0 Å². The Balaban J connectivity index is 1.95. The lowest BCUT2D eigenvalue weighted by molar-refractivity contribution is -0.190. The third-order valence-corrected chi connectivity index (χ3v) is 9.46. The fourth-order valence-corrected chi connectivity index (χ4v) is 7.55. The first-order chi connectivity index (χ1) is 18.2. The second-order valence-electron chi connectivity index (χ2n) is 12.0. The standard InChI is InChI=1S/C31H38O8/c1-17-21-9-10-22(20-12-14-37-16-20)31(21,7)28(39-19(3)33)27(38-18(2)32)26(17)30(6)13-11-24(34)29(4,5)23(30)15-25(35)36-8/h9,11-14,16,22-23,26-28H,1,10,15H2,2-8H3/t22-,23-,26+,27+,28-,30+,31+/m0/s1. The Morgan fingerprint density at radius 3 is 2.33 bits per heavy atom. The summed E-state index contributed by atoms with van der Waals surface area (Å²) in [5.74, 6) is -2.85. The third-order valence-electron chi connectivity index (χ3n) is 9.46. The molecular weight excluding hydrogens is 500 g/mol. The lowest BCUT2D eigenvalue weighted by Gasteiger charge is -2.58. The van der Waals surface area contributed by atoms with Gasteiger partial charge in [0.15, 0.2) is 5.78 Å². The summed E-state index contributed by atoms with van der Waals surface area (Å²) in [5, 5.41) is 0. The van der Waals surface area contributed by atoms with Gasteiger partial charge in [-0.25, -0.2) is 0 Å². The van der Waals surface area contributed by atoms with E-state index in [1.807, 2.05) is 33.8 Å². The molecule has 1 aromatic rings. The molecule has 0 unspecified atom stereocenters. The number of allylic oxidation sites excluding steroid dienone is 3. The van der Waals surface area contributed by atoms with Gasteiger partial charge in [-0.15, -0.1) is 0 Å². The van der Waals surface area contributed by atoms with E-state index in [1.165, 1.54) is 27.0 Å². The first-order valence-electron chi connectivity index (χ1n) is 13.3. The first kappa shape index (κ1) is 28.6. The minimum Gasteiger partial charge on any atom is -0.472 e. The van der Waals surface area contributed by atoms with Crippen LogP contribution in [0.1, 0.15) is 65.9 Å². The van der Waals surface area contributed by atoms with Crippen molar-refractivity contribution in [2.75, 3.05) is 7.11 Å². The van der Waals surface area contributed by atoms with Crippen molar-refractivity contribution >= 4 is 23.7 Å². The number of methoxy groups -OCH3 is 1. The van der Waals surface area contributed by atoms with E-state index >= 15 is 0 Å². The van der Waals surface area contributed by atoms with E-state index in [2.05, 4.69) is 12.7 Å². The Morgan fingerprint density at radius 1 is 1.10 bits per heavy atom. The molecule has 4 rings (SSSR count). The molecule has 1 heterocycles. The maximum absolute atomic E-state index is 13.1. The molecule has 1 aromatic heterocycles. The minimum atomic E-state index is -0.938. The van der Waals surface area contributed by atoms with Crippen LogP contribution in [0.5, 0.6) is 0 Å². The summed E-state index contributed by atoms with van der Waals surface area (Å²) in [5.41, 5.74) is -0.0226. The van der Waals surface area contributed by atoms with E-state index in [0.29, 0.717) is 6.42 Å². The van der Waals surface area contributed by atoms with Gasteiger partial charge in [0.25, 0.3) is 0 Å². The number of hydrogen-bond donors (Lipinski definition) is 0. The monoisotopic (exact) mass is 538 g/mol. The fraction of sp³-hybridized carbons (Fsp3) is 0.548. The minimum absolute atomic E-state index is 0.0289. The molecule has 39 heavy (non-hydrogen) atoms. The molecular formula is C31H38O8. The van der Waals surface area contributed by atoms with Crippen LogP contribution in [0.25, 0.3) is 0 Å². The Hall–Kier alpha value is -3.42. The lowest BCUT2D eigenvalue weighted by Crippen LogP contribution is -2.61. The molecule has 210 valence electrons. The number of rotatable bonds is 6. The molecule has 8 nitrogen and oxygen atoms in total. The van der Waals surface area contributed by atoms with Gasteiger partial charge >= 0.3 is 17.9 Å². The van der Waals surface area contributed by atoms with Crippen molar-refractivity contribution in [1.82, 2.24) is 0 Å². The van der Waals surface area contributed by atoms with Crippen molar-refractivity contribution in [3.05, 3.63) is 60.1 Å². The largest absolute Gasteiger partial charge is 0.472 e. The molecule has 0 N–H and O–H groups in total. The Kier molecular flexibility index (Phi) is 7.30. The van der Waals surface area contributed by atoms with E-state index in [1.54, 1.807) is 18.6 Å². The number of carbonyl (C=O) groups excluding carboxylic acids is 4. The molecule has 1 saturated carbocycles. The van der Waals surface area contributed by atoms with Crippen molar-refractivity contribution in [2.24, 2.45) is 28.1 Å². The number of ketones is 1. The van der Waals surface area contributed by atoms with Crippen LogP contribution in [0, 0.1) is 28.1 Å². The fourth-order valence-electron chi connectivity index (χ4n) is 7.55. The van der Waals surface area contributed by atoms with Crippen LogP contribution < -0.4 is 0 Å². The van der Waals surface area contributed by atoms with Crippen molar-refractivity contribution in [3.8, 4) is 0 Å². The van der Waals surface area contributed by atoms with Crippen LogP contribution in [0.4, 0.5) is 0 Å². The number of carbonyl (C=O) groups is 4. The third kappa shape index (κ3) is 4.47. The summed E-state index contributed by atoms with van der Waals surface area (Å²) in [6.07, 6.45) is 7.54. The summed E-state index contributed by atoms with van der Waals surface area (Å²) in [6, 6.07) is 1.89. The highest BCUT2D eigenvalue weighted by molar-refractivity contribution is 5.96. The van der Waals surface area contributed by atoms with Crippen LogP contribution in [-0.2, 0) is 33.4 Å². The molecule has 1 fully saturated rings. The molecule has 0 spiro atoms. The van der Waals surface area contributed by atoms with E-state index in [-0.39, 0.29) is 18.1 Å². The zero-order chi connectivity index (χ0) is 28.9. The summed E-state index contributed by atoms with van der Waals surface area (Å²) >= 11 is 0. The Bertz CT molecular complexity index is 1250. The van der Waals surface area contributed by atoms with Crippen LogP contribution in [0.2, 0.25) is 0 Å². The summed E-state index contributed by atoms with van der Waals surface area (Å²) in [6.45, 7) is 14.8. The van der Waals surface area contributed by atoms with E-state index in [4.69, 9.17) is 18.6 Å². The highest BCUT2D eigenvalue weighted by Crippen LogP contribution is 2.65. The molecule has 8 heteroatoms. The SMILES string of the molecule is C=C1C2=CC[C@@H](c3ccoc3)[C@]2(C)[C@@H](OC(C)=O)[C@H](OC(C)=O)[C@@H]1[C@]1(C)C=CC(=O)C(C)(C)[C@@H]1CC(=O)OC.